The molecule has 4 heteroatoms. The molecule has 3 nitrogen and oxygen atoms in total. The lowest BCUT2D eigenvalue weighted by Gasteiger charge is -2.21. The number of pyridine rings is 1. The smallest absolute Gasteiger partial charge is 0.251 e. The van der Waals surface area contributed by atoms with Crippen molar-refractivity contribution >= 4 is 21.8 Å². The van der Waals surface area contributed by atoms with Crippen molar-refractivity contribution < 1.29 is 4.79 Å². The Morgan fingerprint density at radius 3 is 2.89 bits per heavy atom. The molecule has 0 atom stereocenters. The molecule has 0 aromatic carbocycles. The van der Waals surface area contributed by atoms with E-state index in [4.69, 9.17) is 0 Å². The van der Waals surface area contributed by atoms with E-state index in [1.807, 2.05) is 0 Å². The SMILES string of the molecule is O=C(NCCC1CCCCC1)c1ccnc(Br)c1. The van der Waals surface area contributed by atoms with Gasteiger partial charge in [0.25, 0.3) is 5.91 Å². The van der Waals surface area contributed by atoms with Crippen LogP contribution in [0, 0.1) is 5.92 Å². The van der Waals surface area contributed by atoms with Gasteiger partial charge in [-0.25, -0.2) is 4.98 Å². The quantitative estimate of drug-likeness (QED) is 0.864. The van der Waals surface area contributed by atoms with E-state index in [0.29, 0.717) is 10.2 Å². The van der Waals surface area contributed by atoms with Crippen LogP contribution in [0.2, 0.25) is 0 Å². The summed E-state index contributed by atoms with van der Waals surface area (Å²) in [6.07, 6.45) is 9.51. The minimum absolute atomic E-state index is 0.00564. The van der Waals surface area contributed by atoms with Gasteiger partial charge in [0.2, 0.25) is 0 Å². The second-order valence-electron chi connectivity index (χ2n) is 4.92. The van der Waals surface area contributed by atoms with Gasteiger partial charge in [0.05, 0.1) is 0 Å². The monoisotopic (exact) mass is 310 g/mol. The number of nitrogens with zero attached hydrogens (tertiary/aromatic N) is 1. The summed E-state index contributed by atoms with van der Waals surface area (Å²) >= 11 is 3.27. The van der Waals surface area contributed by atoms with E-state index in [0.717, 1.165) is 18.9 Å². The topological polar surface area (TPSA) is 42.0 Å². The normalized spacial score (nSPS) is 16.5. The predicted molar refractivity (Wildman–Crippen MR) is 75.5 cm³/mol. The Morgan fingerprint density at radius 2 is 2.17 bits per heavy atom. The van der Waals surface area contributed by atoms with Crippen LogP contribution in [-0.2, 0) is 0 Å². The van der Waals surface area contributed by atoms with E-state index in [2.05, 4.69) is 26.2 Å². The van der Waals surface area contributed by atoms with Gasteiger partial charge < -0.3 is 5.32 Å². The molecule has 1 aliphatic carbocycles. The average molecular weight is 311 g/mol. The fourth-order valence-corrected chi connectivity index (χ4v) is 2.88. The number of hydrogen-bond donors (Lipinski definition) is 1. The molecular weight excluding hydrogens is 292 g/mol. The van der Waals surface area contributed by atoms with Crippen molar-refractivity contribution in [1.82, 2.24) is 10.3 Å². The summed E-state index contributed by atoms with van der Waals surface area (Å²) in [5.74, 6) is 0.803. The van der Waals surface area contributed by atoms with Gasteiger partial charge in [-0.3, -0.25) is 4.79 Å². The molecular formula is C14H19BrN2O. The van der Waals surface area contributed by atoms with E-state index in [1.54, 1.807) is 18.3 Å². The first kappa shape index (κ1) is 13.5. The van der Waals surface area contributed by atoms with E-state index < -0.39 is 0 Å². The first-order valence-corrected chi connectivity index (χ1v) is 7.45. The van der Waals surface area contributed by atoms with Crippen LogP contribution in [0.25, 0.3) is 0 Å². The van der Waals surface area contributed by atoms with Crippen LogP contribution in [0.3, 0.4) is 0 Å². The highest BCUT2D eigenvalue weighted by Gasteiger charge is 2.13. The molecule has 1 saturated carbocycles. The molecule has 0 saturated heterocycles. The molecule has 0 bridgehead atoms. The maximum Gasteiger partial charge on any atom is 0.251 e. The van der Waals surface area contributed by atoms with Crippen molar-refractivity contribution in [3.05, 3.63) is 28.5 Å². The largest absolute Gasteiger partial charge is 0.352 e. The Hall–Kier alpha value is -0.900. The first-order valence-electron chi connectivity index (χ1n) is 6.65. The number of carbonyl (C=O) groups excluding carboxylic acids is 1. The fourth-order valence-electron chi connectivity index (χ4n) is 2.51. The second-order valence-corrected chi connectivity index (χ2v) is 5.73. The van der Waals surface area contributed by atoms with E-state index in [1.165, 1.54) is 32.1 Å². The molecule has 1 aromatic rings. The van der Waals surface area contributed by atoms with Gasteiger partial charge >= 0.3 is 0 Å². The van der Waals surface area contributed by atoms with Crippen LogP contribution in [0.1, 0.15) is 48.9 Å². The summed E-state index contributed by atoms with van der Waals surface area (Å²) in [6, 6.07) is 3.48. The van der Waals surface area contributed by atoms with Crippen molar-refractivity contribution in [2.45, 2.75) is 38.5 Å². The van der Waals surface area contributed by atoms with Crippen molar-refractivity contribution in [2.75, 3.05) is 6.54 Å². The van der Waals surface area contributed by atoms with Crippen LogP contribution >= 0.6 is 15.9 Å². The predicted octanol–water partition coefficient (Wildman–Crippen LogP) is 3.54. The van der Waals surface area contributed by atoms with Gasteiger partial charge in [0.15, 0.2) is 0 Å². The summed E-state index contributed by atoms with van der Waals surface area (Å²) in [6.45, 7) is 0.781. The van der Waals surface area contributed by atoms with Gasteiger partial charge in [-0.15, -0.1) is 0 Å². The number of rotatable bonds is 4. The third-order valence-electron chi connectivity index (χ3n) is 3.55. The van der Waals surface area contributed by atoms with Gasteiger partial charge in [-0.05, 0) is 40.4 Å². The number of carbonyl (C=O) groups is 1. The van der Waals surface area contributed by atoms with Gasteiger partial charge in [0.1, 0.15) is 4.60 Å². The third kappa shape index (κ3) is 4.09. The molecule has 2 rings (SSSR count). The molecule has 18 heavy (non-hydrogen) atoms. The van der Waals surface area contributed by atoms with Crippen molar-refractivity contribution in [2.24, 2.45) is 5.92 Å². The number of aromatic nitrogens is 1. The van der Waals surface area contributed by atoms with E-state index >= 15 is 0 Å². The Kier molecular flexibility index (Phi) is 5.17. The molecule has 1 fully saturated rings. The highest BCUT2D eigenvalue weighted by molar-refractivity contribution is 9.10. The van der Waals surface area contributed by atoms with Gasteiger partial charge in [-0.1, -0.05) is 32.1 Å². The Bertz CT molecular complexity index is 403. The molecule has 1 aliphatic rings. The molecule has 1 N–H and O–H groups in total. The average Bonchev–Trinajstić information content (AvgIpc) is 2.40. The zero-order valence-electron chi connectivity index (χ0n) is 10.5. The third-order valence-corrected chi connectivity index (χ3v) is 3.99. The minimum Gasteiger partial charge on any atom is -0.352 e. The highest BCUT2D eigenvalue weighted by atomic mass is 79.9. The van der Waals surface area contributed by atoms with Crippen LogP contribution in [0.5, 0.6) is 0 Å². The standard InChI is InChI=1S/C14H19BrN2O/c15-13-10-12(7-9-16-13)14(18)17-8-6-11-4-2-1-3-5-11/h7,9-11H,1-6,8H2,(H,17,18). The Labute approximate surface area is 117 Å². The minimum atomic E-state index is -0.00564. The number of hydrogen-bond acceptors (Lipinski definition) is 2. The lowest BCUT2D eigenvalue weighted by molar-refractivity contribution is 0.0950. The Morgan fingerprint density at radius 1 is 1.39 bits per heavy atom. The number of amides is 1. The molecule has 0 spiro atoms. The maximum absolute atomic E-state index is 11.9. The summed E-state index contributed by atoms with van der Waals surface area (Å²) in [7, 11) is 0. The van der Waals surface area contributed by atoms with Crippen molar-refractivity contribution in [3.8, 4) is 0 Å². The zero-order chi connectivity index (χ0) is 12.8. The second kappa shape index (κ2) is 6.88. The molecule has 1 heterocycles. The van der Waals surface area contributed by atoms with Crippen molar-refractivity contribution in [1.29, 1.82) is 0 Å². The summed E-state index contributed by atoms with van der Waals surface area (Å²) in [4.78, 5) is 15.9. The van der Waals surface area contributed by atoms with E-state index in [9.17, 15) is 4.79 Å². The van der Waals surface area contributed by atoms with Gasteiger partial charge in [0, 0.05) is 18.3 Å². The molecule has 98 valence electrons. The molecule has 0 radical (unpaired) electrons. The lowest BCUT2D eigenvalue weighted by atomic mass is 9.87. The molecule has 1 amide bonds. The lowest BCUT2D eigenvalue weighted by Crippen LogP contribution is -2.26. The van der Waals surface area contributed by atoms with Gasteiger partial charge in [-0.2, -0.15) is 0 Å². The van der Waals surface area contributed by atoms with Crippen molar-refractivity contribution in [3.63, 3.8) is 0 Å². The van der Waals surface area contributed by atoms with Crippen LogP contribution in [0.4, 0.5) is 0 Å². The number of halogens is 1. The summed E-state index contributed by atoms with van der Waals surface area (Å²) in [5, 5.41) is 2.99. The fraction of sp³-hybridized carbons (Fsp3) is 0.571. The first-order chi connectivity index (χ1) is 8.75. The molecule has 1 aromatic heterocycles. The summed E-state index contributed by atoms with van der Waals surface area (Å²) in [5.41, 5.74) is 0.667. The van der Waals surface area contributed by atoms with Crippen LogP contribution < -0.4 is 5.32 Å². The van der Waals surface area contributed by atoms with Crippen LogP contribution in [-0.4, -0.2) is 17.4 Å². The Balaban J connectivity index is 1.74. The van der Waals surface area contributed by atoms with Crippen LogP contribution in [0.15, 0.2) is 22.9 Å². The highest BCUT2D eigenvalue weighted by Crippen LogP contribution is 2.25. The summed E-state index contributed by atoms with van der Waals surface area (Å²) < 4.78 is 0.697. The maximum atomic E-state index is 11.9. The zero-order valence-corrected chi connectivity index (χ0v) is 12.1. The van der Waals surface area contributed by atoms with E-state index in [-0.39, 0.29) is 5.91 Å². The molecule has 0 unspecified atom stereocenters. The number of nitrogens with one attached hydrogen (secondary N) is 1. The molecule has 0 aliphatic heterocycles.